The minimum atomic E-state index is -4.31. The van der Waals surface area contributed by atoms with Gasteiger partial charge in [0.15, 0.2) is 0 Å². The van der Waals surface area contributed by atoms with E-state index in [1.54, 1.807) is 24.3 Å². The predicted molar refractivity (Wildman–Crippen MR) is 55.8 cm³/mol. The van der Waals surface area contributed by atoms with Gasteiger partial charge in [-0.15, -0.1) is 0 Å². The summed E-state index contributed by atoms with van der Waals surface area (Å²) in [7, 11) is 0. The molecule has 2 rings (SSSR count). The number of halogens is 4. The van der Waals surface area contributed by atoms with E-state index in [0.717, 1.165) is 12.3 Å². The number of alkyl halides is 3. The Morgan fingerprint density at radius 2 is 1.62 bits per heavy atom. The SMILES string of the molecule is FC(F)(F)c1ccn(-c2ccc(Cl)cc2)c1. The fourth-order valence-corrected chi connectivity index (χ4v) is 1.46. The first-order valence-corrected chi connectivity index (χ1v) is 4.86. The van der Waals surface area contributed by atoms with Gasteiger partial charge in [-0.25, -0.2) is 0 Å². The summed E-state index contributed by atoms with van der Waals surface area (Å²) >= 11 is 5.69. The standard InChI is InChI=1S/C11H7ClF3N/c12-9-1-3-10(4-2-9)16-6-5-8(7-16)11(13,14)15/h1-7H. The quantitative estimate of drug-likeness (QED) is 0.711. The zero-order valence-corrected chi connectivity index (χ0v) is 8.76. The molecule has 0 bridgehead atoms. The fourth-order valence-electron chi connectivity index (χ4n) is 1.34. The lowest BCUT2D eigenvalue weighted by Gasteiger charge is -2.04. The van der Waals surface area contributed by atoms with E-state index >= 15 is 0 Å². The molecule has 0 aliphatic carbocycles. The summed E-state index contributed by atoms with van der Waals surface area (Å²) in [6.07, 6.45) is -1.90. The summed E-state index contributed by atoms with van der Waals surface area (Å²) in [5.74, 6) is 0. The molecule has 1 heterocycles. The first-order valence-electron chi connectivity index (χ1n) is 4.48. The molecule has 0 radical (unpaired) electrons. The lowest BCUT2D eigenvalue weighted by molar-refractivity contribution is -0.137. The van der Waals surface area contributed by atoms with Crippen LogP contribution in [0.1, 0.15) is 5.56 Å². The lowest BCUT2D eigenvalue weighted by Crippen LogP contribution is -2.02. The van der Waals surface area contributed by atoms with Gasteiger partial charge in [-0.1, -0.05) is 11.6 Å². The number of hydrogen-bond donors (Lipinski definition) is 0. The van der Waals surface area contributed by atoms with Crippen LogP contribution in [0.4, 0.5) is 13.2 Å². The largest absolute Gasteiger partial charge is 0.417 e. The number of nitrogens with zero attached hydrogens (tertiary/aromatic N) is 1. The summed E-state index contributed by atoms with van der Waals surface area (Å²) in [5.41, 5.74) is -0.0256. The second-order valence-electron chi connectivity index (χ2n) is 3.28. The summed E-state index contributed by atoms with van der Waals surface area (Å²) in [5, 5.41) is 0.548. The van der Waals surface area contributed by atoms with Crippen LogP contribution in [0, 0.1) is 0 Å². The molecule has 5 heteroatoms. The molecule has 0 saturated heterocycles. The van der Waals surface area contributed by atoms with Gasteiger partial charge in [0.05, 0.1) is 5.56 Å². The Hall–Kier alpha value is -1.42. The molecule has 16 heavy (non-hydrogen) atoms. The van der Waals surface area contributed by atoms with Crippen LogP contribution in [0.15, 0.2) is 42.7 Å². The molecule has 0 aliphatic heterocycles. The van der Waals surface area contributed by atoms with Crippen molar-refractivity contribution in [1.82, 2.24) is 4.57 Å². The molecule has 0 saturated carbocycles. The molecule has 1 nitrogen and oxygen atoms in total. The number of hydrogen-bond acceptors (Lipinski definition) is 0. The van der Waals surface area contributed by atoms with Crippen LogP contribution in [-0.2, 0) is 6.18 Å². The molecule has 1 aromatic heterocycles. The minimum Gasteiger partial charge on any atom is -0.323 e. The molecule has 0 fully saturated rings. The third-order valence-electron chi connectivity index (χ3n) is 2.14. The average molecular weight is 246 g/mol. The Bertz CT molecular complexity index is 485. The lowest BCUT2D eigenvalue weighted by atomic mass is 10.3. The maximum atomic E-state index is 12.3. The van der Waals surface area contributed by atoms with Crippen molar-refractivity contribution in [2.75, 3.05) is 0 Å². The van der Waals surface area contributed by atoms with E-state index < -0.39 is 11.7 Å². The van der Waals surface area contributed by atoms with Crippen molar-refractivity contribution in [2.24, 2.45) is 0 Å². The second kappa shape index (κ2) is 3.87. The summed E-state index contributed by atoms with van der Waals surface area (Å²) in [6.45, 7) is 0. The number of benzene rings is 1. The maximum Gasteiger partial charge on any atom is 0.417 e. The number of rotatable bonds is 1. The Kier molecular flexibility index (Phi) is 2.68. The highest BCUT2D eigenvalue weighted by molar-refractivity contribution is 6.30. The summed E-state index contributed by atoms with van der Waals surface area (Å²) < 4.78 is 38.4. The van der Waals surface area contributed by atoms with Crippen molar-refractivity contribution in [1.29, 1.82) is 0 Å². The third kappa shape index (κ3) is 2.22. The van der Waals surface area contributed by atoms with Crippen LogP contribution in [-0.4, -0.2) is 4.57 Å². The fraction of sp³-hybridized carbons (Fsp3) is 0.0909. The molecule has 0 N–H and O–H groups in total. The van der Waals surface area contributed by atoms with Gasteiger partial charge < -0.3 is 4.57 Å². The van der Waals surface area contributed by atoms with Crippen LogP contribution < -0.4 is 0 Å². The van der Waals surface area contributed by atoms with E-state index in [-0.39, 0.29) is 0 Å². The van der Waals surface area contributed by atoms with E-state index in [1.165, 1.54) is 10.8 Å². The molecule has 0 spiro atoms. The van der Waals surface area contributed by atoms with Crippen molar-refractivity contribution in [3.63, 3.8) is 0 Å². The highest BCUT2D eigenvalue weighted by Crippen LogP contribution is 2.30. The van der Waals surface area contributed by atoms with Crippen LogP contribution >= 0.6 is 11.6 Å². The Balaban J connectivity index is 2.35. The Labute approximate surface area is 95.1 Å². The van der Waals surface area contributed by atoms with E-state index in [9.17, 15) is 13.2 Å². The van der Waals surface area contributed by atoms with Crippen LogP contribution in [0.5, 0.6) is 0 Å². The summed E-state index contributed by atoms with van der Waals surface area (Å²) in [6, 6.07) is 7.61. The molecule has 0 amide bonds. The van der Waals surface area contributed by atoms with Crippen molar-refractivity contribution < 1.29 is 13.2 Å². The van der Waals surface area contributed by atoms with Crippen molar-refractivity contribution >= 4 is 11.6 Å². The average Bonchev–Trinajstić information content (AvgIpc) is 2.67. The normalized spacial score (nSPS) is 11.8. The Morgan fingerprint density at radius 3 is 2.12 bits per heavy atom. The third-order valence-corrected chi connectivity index (χ3v) is 2.40. The van der Waals surface area contributed by atoms with Crippen molar-refractivity contribution in [2.45, 2.75) is 6.18 Å². The van der Waals surface area contributed by atoms with E-state index in [2.05, 4.69) is 0 Å². The maximum absolute atomic E-state index is 12.3. The smallest absolute Gasteiger partial charge is 0.323 e. The van der Waals surface area contributed by atoms with Gasteiger partial charge >= 0.3 is 6.18 Å². The minimum absolute atomic E-state index is 0.548. The monoisotopic (exact) mass is 245 g/mol. The van der Waals surface area contributed by atoms with Crippen LogP contribution in [0.25, 0.3) is 5.69 Å². The zero-order valence-electron chi connectivity index (χ0n) is 8.00. The number of aromatic nitrogens is 1. The van der Waals surface area contributed by atoms with Crippen molar-refractivity contribution in [3.8, 4) is 5.69 Å². The van der Waals surface area contributed by atoms with Gasteiger partial charge in [-0.2, -0.15) is 13.2 Å². The van der Waals surface area contributed by atoms with Gasteiger partial charge in [-0.05, 0) is 30.3 Å². The van der Waals surface area contributed by atoms with Gasteiger partial charge in [0.1, 0.15) is 0 Å². The first kappa shape index (κ1) is 11.1. The van der Waals surface area contributed by atoms with Crippen LogP contribution in [0.3, 0.4) is 0 Å². The molecule has 0 atom stereocenters. The molecular weight excluding hydrogens is 239 g/mol. The van der Waals surface area contributed by atoms with Gasteiger partial charge in [0, 0.05) is 23.1 Å². The van der Waals surface area contributed by atoms with E-state index in [0.29, 0.717) is 10.7 Å². The summed E-state index contributed by atoms with van der Waals surface area (Å²) in [4.78, 5) is 0. The second-order valence-corrected chi connectivity index (χ2v) is 3.72. The highest BCUT2D eigenvalue weighted by atomic mass is 35.5. The highest BCUT2D eigenvalue weighted by Gasteiger charge is 2.31. The van der Waals surface area contributed by atoms with Crippen molar-refractivity contribution in [3.05, 3.63) is 53.3 Å². The van der Waals surface area contributed by atoms with Gasteiger partial charge in [0.2, 0.25) is 0 Å². The van der Waals surface area contributed by atoms with E-state index in [4.69, 9.17) is 11.6 Å². The molecule has 0 aliphatic rings. The first-order chi connectivity index (χ1) is 7.47. The van der Waals surface area contributed by atoms with Crippen LogP contribution in [0.2, 0.25) is 5.02 Å². The molecule has 1 aromatic carbocycles. The topological polar surface area (TPSA) is 4.93 Å². The molecular formula is C11H7ClF3N. The zero-order chi connectivity index (χ0) is 11.8. The predicted octanol–water partition coefficient (Wildman–Crippen LogP) is 4.15. The molecule has 84 valence electrons. The van der Waals surface area contributed by atoms with Gasteiger partial charge in [0.25, 0.3) is 0 Å². The van der Waals surface area contributed by atoms with E-state index in [1.807, 2.05) is 0 Å². The molecule has 2 aromatic rings. The Morgan fingerprint density at radius 1 is 1.00 bits per heavy atom. The molecule has 0 unspecified atom stereocenters. The van der Waals surface area contributed by atoms with Gasteiger partial charge in [-0.3, -0.25) is 0 Å².